The molecule has 1 aromatic rings. The highest BCUT2D eigenvalue weighted by atomic mass is 32.2. The summed E-state index contributed by atoms with van der Waals surface area (Å²) in [5.41, 5.74) is 7.76. The number of aryl methyl sites for hydroxylation is 1. The van der Waals surface area contributed by atoms with Crippen LogP contribution in [0.15, 0.2) is 17.0 Å². The van der Waals surface area contributed by atoms with Gasteiger partial charge in [-0.3, -0.25) is 0 Å². The van der Waals surface area contributed by atoms with Gasteiger partial charge >= 0.3 is 0 Å². The Morgan fingerprint density at radius 1 is 1.37 bits per heavy atom. The van der Waals surface area contributed by atoms with E-state index in [1.807, 2.05) is 13.8 Å². The molecule has 19 heavy (non-hydrogen) atoms. The molecule has 0 fully saturated rings. The standard InChI is InChI=1S/C13H22N2O3S/c1-9(8-18-4)7-15-19(16,17)13-6-12(14)5-10(2)11(13)3/h5-6,9,15H,7-8,14H2,1-4H3. The van der Waals surface area contributed by atoms with Crippen LogP contribution in [0, 0.1) is 19.8 Å². The van der Waals surface area contributed by atoms with E-state index >= 15 is 0 Å². The number of methoxy groups -OCH3 is 1. The zero-order valence-electron chi connectivity index (χ0n) is 11.9. The summed E-state index contributed by atoms with van der Waals surface area (Å²) >= 11 is 0. The number of benzene rings is 1. The third-order valence-corrected chi connectivity index (χ3v) is 4.55. The molecule has 1 atom stereocenters. The van der Waals surface area contributed by atoms with Gasteiger partial charge in [0.25, 0.3) is 0 Å². The molecule has 5 nitrogen and oxygen atoms in total. The second-order valence-corrected chi connectivity index (χ2v) is 6.61. The number of rotatable bonds is 6. The van der Waals surface area contributed by atoms with Crippen LogP contribution in [0.2, 0.25) is 0 Å². The Kier molecular flexibility index (Phi) is 5.34. The van der Waals surface area contributed by atoms with Crippen molar-refractivity contribution in [3.8, 4) is 0 Å². The molecule has 0 aromatic heterocycles. The average molecular weight is 286 g/mol. The zero-order valence-corrected chi connectivity index (χ0v) is 12.7. The van der Waals surface area contributed by atoms with Gasteiger partial charge in [0.05, 0.1) is 4.90 Å². The van der Waals surface area contributed by atoms with Crippen molar-refractivity contribution in [2.45, 2.75) is 25.7 Å². The molecule has 1 rings (SSSR count). The van der Waals surface area contributed by atoms with Crippen LogP contribution < -0.4 is 10.5 Å². The fraction of sp³-hybridized carbons (Fsp3) is 0.538. The van der Waals surface area contributed by atoms with Crippen LogP contribution in [0.4, 0.5) is 5.69 Å². The van der Waals surface area contributed by atoms with Crippen molar-refractivity contribution in [2.24, 2.45) is 5.92 Å². The molecule has 0 aliphatic rings. The van der Waals surface area contributed by atoms with Crippen molar-refractivity contribution < 1.29 is 13.2 Å². The van der Waals surface area contributed by atoms with Gasteiger partial charge in [0.2, 0.25) is 10.0 Å². The molecule has 1 unspecified atom stereocenters. The first kappa shape index (κ1) is 15.9. The summed E-state index contributed by atoms with van der Waals surface area (Å²) < 4.78 is 32.1. The molecule has 108 valence electrons. The summed E-state index contributed by atoms with van der Waals surface area (Å²) in [5, 5.41) is 0. The van der Waals surface area contributed by atoms with E-state index in [2.05, 4.69) is 4.72 Å². The van der Waals surface area contributed by atoms with Crippen LogP contribution in [0.1, 0.15) is 18.1 Å². The van der Waals surface area contributed by atoms with Crippen LogP contribution in [-0.4, -0.2) is 28.7 Å². The number of anilines is 1. The van der Waals surface area contributed by atoms with E-state index in [1.165, 1.54) is 6.07 Å². The molecule has 0 bridgehead atoms. The molecule has 0 aliphatic heterocycles. The molecule has 0 saturated heterocycles. The SMILES string of the molecule is COCC(C)CNS(=O)(=O)c1cc(N)cc(C)c1C. The van der Waals surface area contributed by atoms with Crippen LogP contribution in [0.5, 0.6) is 0 Å². The summed E-state index contributed by atoms with van der Waals surface area (Å²) in [4.78, 5) is 0.245. The van der Waals surface area contributed by atoms with Gasteiger partial charge in [-0.1, -0.05) is 6.92 Å². The number of ether oxygens (including phenoxy) is 1. The van der Waals surface area contributed by atoms with Gasteiger partial charge in [-0.15, -0.1) is 0 Å². The van der Waals surface area contributed by atoms with Gasteiger partial charge in [-0.25, -0.2) is 13.1 Å². The molecule has 1 aromatic carbocycles. The highest BCUT2D eigenvalue weighted by Gasteiger charge is 2.19. The normalized spacial score (nSPS) is 13.5. The largest absolute Gasteiger partial charge is 0.399 e. The third-order valence-electron chi connectivity index (χ3n) is 3.00. The predicted molar refractivity (Wildman–Crippen MR) is 76.6 cm³/mol. The van der Waals surface area contributed by atoms with Crippen molar-refractivity contribution in [2.75, 3.05) is 26.0 Å². The summed E-state index contributed by atoms with van der Waals surface area (Å²) in [6, 6.07) is 3.26. The molecule has 0 aliphatic carbocycles. The van der Waals surface area contributed by atoms with Crippen LogP contribution in [0.3, 0.4) is 0 Å². The fourth-order valence-electron chi connectivity index (χ4n) is 1.81. The molecule has 0 heterocycles. The van der Waals surface area contributed by atoms with E-state index in [1.54, 1.807) is 20.1 Å². The molecule has 0 amide bonds. The number of nitrogen functional groups attached to an aromatic ring is 1. The lowest BCUT2D eigenvalue weighted by Crippen LogP contribution is -2.30. The Balaban J connectivity index is 2.95. The minimum absolute atomic E-state index is 0.113. The first-order valence-electron chi connectivity index (χ1n) is 6.13. The van der Waals surface area contributed by atoms with Gasteiger partial charge in [0.15, 0.2) is 0 Å². The van der Waals surface area contributed by atoms with Gasteiger partial charge in [-0.2, -0.15) is 0 Å². The van der Waals surface area contributed by atoms with E-state index in [0.717, 1.165) is 11.1 Å². The van der Waals surface area contributed by atoms with Crippen molar-refractivity contribution in [3.63, 3.8) is 0 Å². The Morgan fingerprint density at radius 3 is 2.58 bits per heavy atom. The topological polar surface area (TPSA) is 81.4 Å². The minimum Gasteiger partial charge on any atom is -0.399 e. The predicted octanol–water partition coefficient (Wildman–Crippen LogP) is 1.45. The maximum absolute atomic E-state index is 12.3. The quantitative estimate of drug-likeness (QED) is 0.775. The number of sulfonamides is 1. The molecule has 6 heteroatoms. The summed E-state index contributed by atoms with van der Waals surface area (Å²) in [6.45, 7) is 6.39. The monoisotopic (exact) mass is 286 g/mol. The first-order valence-corrected chi connectivity index (χ1v) is 7.61. The smallest absolute Gasteiger partial charge is 0.240 e. The van der Waals surface area contributed by atoms with E-state index < -0.39 is 10.0 Å². The lowest BCUT2D eigenvalue weighted by atomic mass is 10.1. The van der Waals surface area contributed by atoms with Crippen molar-refractivity contribution in [1.82, 2.24) is 4.72 Å². The number of nitrogens with two attached hydrogens (primary N) is 1. The number of hydrogen-bond acceptors (Lipinski definition) is 4. The average Bonchev–Trinajstić information content (AvgIpc) is 2.31. The third kappa shape index (κ3) is 4.19. The van der Waals surface area contributed by atoms with Crippen LogP contribution in [0.25, 0.3) is 0 Å². The van der Waals surface area contributed by atoms with E-state index in [-0.39, 0.29) is 10.8 Å². The lowest BCUT2D eigenvalue weighted by molar-refractivity contribution is 0.161. The van der Waals surface area contributed by atoms with E-state index in [9.17, 15) is 8.42 Å². The minimum atomic E-state index is -3.53. The first-order chi connectivity index (χ1) is 8.77. The summed E-state index contributed by atoms with van der Waals surface area (Å²) in [6.07, 6.45) is 0. The Hall–Kier alpha value is -1.11. The Labute approximate surface area is 115 Å². The van der Waals surface area contributed by atoms with Crippen molar-refractivity contribution in [1.29, 1.82) is 0 Å². The molecule has 0 saturated carbocycles. The van der Waals surface area contributed by atoms with Crippen LogP contribution >= 0.6 is 0 Å². The Bertz CT molecular complexity index is 541. The summed E-state index contributed by atoms with van der Waals surface area (Å²) in [5.74, 6) is 0.113. The van der Waals surface area contributed by atoms with Crippen LogP contribution in [-0.2, 0) is 14.8 Å². The molecular formula is C13H22N2O3S. The second-order valence-electron chi connectivity index (χ2n) is 4.87. The second kappa shape index (κ2) is 6.36. The Morgan fingerprint density at radius 2 is 2.00 bits per heavy atom. The van der Waals surface area contributed by atoms with Crippen molar-refractivity contribution in [3.05, 3.63) is 23.3 Å². The van der Waals surface area contributed by atoms with Crippen molar-refractivity contribution >= 4 is 15.7 Å². The number of hydrogen-bond donors (Lipinski definition) is 2. The highest BCUT2D eigenvalue weighted by molar-refractivity contribution is 7.89. The summed E-state index contributed by atoms with van der Waals surface area (Å²) in [7, 11) is -1.94. The molecule has 3 N–H and O–H groups in total. The highest BCUT2D eigenvalue weighted by Crippen LogP contribution is 2.22. The fourth-order valence-corrected chi connectivity index (χ4v) is 3.32. The van der Waals surface area contributed by atoms with E-state index in [0.29, 0.717) is 18.8 Å². The molecule has 0 spiro atoms. The zero-order chi connectivity index (χ0) is 14.6. The van der Waals surface area contributed by atoms with E-state index in [4.69, 9.17) is 10.5 Å². The maximum atomic E-state index is 12.3. The van der Waals surface area contributed by atoms with Gasteiger partial charge < -0.3 is 10.5 Å². The van der Waals surface area contributed by atoms with Gasteiger partial charge in [0.1, 0.15) is 0 Å². The lowest BCUT2D eigenvalue weighted by Gasteiger charge is -2.15. The van der Waals surface area contributed by atoms with Gasteiger partial charge in [-0.05, 0) is 43.0 Å². The maximum Gasteiger partial charge on any atom is 0.240 e. The van der Waals surface area contributed by atoms with Gasteiger partial charge in [0, 0.05) is 25.9 Å². The molecular weight excluding hydrogens is 264 g/mol. The number of nitrogens with one attached hydrogen (secondary N) is 1. The molecule has 0 radical (unpaired) electrons.